The molecule has 1 aromatic carbocycles. The largest absolute Gasteiger partial charge is 0.494 e. The zero-order valence-electron chi connectivity index (χ0n) is 19.8. The molecule has 0 aromatic heterocycles. The minimum Gasteiger partial charge on any atom is -0.494 e. The molecule has 1 unspecified atom stereocenters. The maximum Gasteiger partial charge on any atom is 0.262 e. The average Bonchev–Trinajstić information content (AvgIpc) is 3.06. The number of alkyl halides is 1. The van der Waals surface area contributed by atoms with Crippen LogP contribution in [0.2, 0.25) is 0 Å². The number of benzene rings is 1. The number of unbranched alkanes of at least 4 members (excludes halogenated alkanes) is 10. The number of piperidine rings is 1. The number of hydrogen-bond acceptors (Lipinski definition) is 5. The Labute approximate surface area is 210 Å². The van der Waals surface area contributed by atoms with E-state index in [0.29, 0.717) is 12.4 Å². The van der Waals surface area contributed by atoms with E-state index in [1.807, 2.05) is 0 Å². The van der Waals surface area contributed by atoms with Gasteiger partial charge in [-0.1, -0.05) is 73.7 Å². The zero-order chi connectivity index (χ0) is 24.3. The number of nitrogens with zero attached hydrogens (tertiary/aromatic N) is 1. The highest BCUT2D eigenvalue weighted by Crippen LogP contribution is 2.30. The lowest BCUT2D eigenvalue weighted by atomic mass is 10.0. The fourth-order valence-electron chi connectivity index (χ4n) is 4.52. The highest BCUT2D eigenvalue weighted by molar-refractivity contribution is 9.09. The van der Waals surface area contributed by atoms with Gasteiger partial charge >= 0.3 is 0 Å². The summed E-state index contributed by atoms with van der Waals surface area (Å²) >= 11 is 3.47. The molecule has 0 radical (unpaired) electrons. The first kappa shape index (κ1) is 26.4. The van der Waals surface area contributed by atoms with Crippen LogP contribution in [0.4, 0.5) is 0 Å². The van der Waals surface area contributed by atoms with E-state index >= 15 is 0 Å². The molecule has 1 saturated heterocycles. The number of fused-ring (bicyclic) bond motifs is 1. The van der Waals surface area contributed by atoms with E-state index in [1.54, 1.807) is 18.2 Å². The van der Waals surface area contributed by atoms with Crippen molar-refractivity contribution in [2.75, 3.05) is 11.9 Å². The Bertz CT molecular complexity index is 888. The molecule has 0 saturated carbocycles. The molecule has 1 fully saturated rings. The van der Waals surface area contributed by atoms with Gasteiger partial charge in [0.2, 0.25) is 11.8 Å². The summed E-state index contributed by atoms with van der Waals surface area (Å²) in [7, 11) is 0. The van der Waals surface area contributed by atoms with E-state index in [4.69, 9.17) is 4.74 Å². The molecule has 34 heavy (non-hydrogen) atoms. The van der Waals surface area contributed by atoms with Gasteiger partial charge in [-0.3, -0.25) is 29.4 Å². The summed E-state index contributed by atoms with van der Waals surface area (Å²) in [6.07, 6.45) is 14.0. The quantitative estimate of drug-likeness (QED) is 0.191. The van der Waals surface area contributed by atoms with Crippen LogP contribution in [0.25, 0.3) is 0 Å². The first-order chi connectivity index (χ1) is 16.5. The van der Waals surface area contributed by atoms with Gasteiger partial charge in [-0.05, 0) is 37.5 Å². The molecule has 2 heterocycles. The van der Waals surface area contributed by atoms with Crippen LogP contribution in [0.3, 0.4) is 0 Å². The Balaban J connectivity index is 1.34. The van der Waals surface area contributed by atoms with Crippen molar-refractivity contribution < 1.29 is 23.9 Å². The zero-order valence-corrected chi connectivity index (χ0v) is 21.4. The lowest BCUT2D eigenvalue weighted by Crippen LogP contribution is -2.54. The van der Waals surface area contributed by atoms with E-state index in [2.05, 4.69) is 21.2 Å². The summed E-state index contributed by atoms with van der Waals surface area (Å²) in [5.74, 6) is -1.45. The number of imide groups is 2. The average molecular weight is 535 g/mol. The van der Waals surface area contributed by atoms with Crippen LogP contribution in [0.15, 0.2) is 18.2 Å². The fourth-order valence-corrected chi connectivity index (χ4v) is 4.91. The molecular formula is C26H35BrN2O5. The molecule has 8 heteroatoms. The van der Waals surface area contributed by atoms with Crippen molar-refractivity contribution in [1.82, 2.24) is 10.2 Å². The first-order valence-corrected chi connectivity index (χ1v) is 13.7. The number of ether oxygens (including phenoxy) is 1. The van der Waals surface area contributed by atoms with Crippen molar-refractivity contribution in [3.05, 3.63) is 29.3 Å². The van der Waals surface area contributed by atoms with Gasteiger partial charge in [0, 0.05) is 11.8 Å². The highest BCUT2D eigenvalue weighted by Gasteiger charge is 2.44. The van der Waals surface area contributed by atoms with Crippen LogP contribution < -0.4 is 10.1 Å². The number of nitrogens with one attached hydrogen (secondary N) is 1. The predicted octanol–water partition coefficient (Wildman–Crippen LogP) is 5.15. The summed E-state index contributed by atoms with van der Waals surface area (Å²) in [6, 6.07) is 3.90. The van der Waals surface area contributed by atoms with Crippen molar-refractivity contribution in [2.45, 2.75) is 89.5 Å². The third-order valence-electron chi connectivity index (χ3n) is 6.46. The Hall–Kier alpha value is -2.22. The van der Waals surface area contributed by atoms with Crippen LogP contribution >= 0.6 is 15.9 Å². The minimum atomic E-state index is -0.950. The Kier molecular flexibility index (Phi) is 10.6. The SMILES string of the molecule is O=C1CCC(N2C(=O)c3ccc(OCCCCCCCCCCCCCBr)cc3C2=O)C(=O)N1. The smallest absolute Gasteiger partial charge is 0.262 e. The second-order valence-corrected chi connectivity index (χ2v) is 9.87. The van der Waals surface area contributed by atoms with Gasteiger partial charge < -0.3 is 4.74 Å². The summed E-state index contributed by atoms with van der Waals surface area (Å²) in [6.45, 7) is 0.561. The van der Waals surface area contributed by atoms with Gasteiger partial charge in [0.15, 0.2) is 0 Å². The summed E-state index contributed by atoms with van der Waals surface area (Å²) in [5.41, 5.74) is 0.518. The van der Waals surface area contributed by atoms with Crippen molar-refractivity contribution in [3.8, 4) is 5.75 Å². The number of carbonyl (C=O) groups excluding carboxylic acids is 4. The molecule has 0 aliphatic carbocycles. The topological polar surface area (TPSA) is 92.8 Å². The number of hydrogen-bond donors (Lipinski definition) is 1. The fraction of sp³-hybridized carbons (Fsp3) is 0.615. The lowest BCUT2D eigenvalue weighted by molar-refractivity contribution is -0.136. The lowest BCUT2D eigenvalue weighted by Gasteiger charge is -2.27. The van der Waals surface area contributed by atoms with E-state index in [-0.39, 0.29) is 29.9 Å². The molecule has 4 amide bonds. The van der Waals surface area contributed by atoms with Gasteiger partial charge in [-0.15, -0.1) is 0 Å². The maximum atomic E-state index is 12.9. The van der Waals surface area contributed by atoms with Gasteiger partial charge in [-0.25, -0.2) is 0 Å². The Morgan fingerprint density at radius 2 is 1.41 bits per heavy atom. The van der Waals surface area contributed by atoms with Gasteiger partial charge in [-0.2, -0.15) is 0 Å². The number of amides is 4. The number of carbonyl (C=O) groups is 4. The second kappa shape index (κ2) is 13.6. The molecule has 186 valence electrons. The molecule has 0 spiro atoms. The summed E-state index contributed by atoms with van der Waals surface area (Å²) in [5, 5.41) is 3.32. The highest BCUT2D eigenvalue weighted by atomic mass is 79.9. The van der Waals surface area contributed by atoms with Crippen LogP contribution in [0.5, 0.6) is 5.75 Å². The molecule has 2 aliphatic heterocycles. The third-order valence-corrected chi connectivity index (χ3v) is 7.02. The van der Waals surface area contributed by atoms with Crippen LogP contribution in [0, 0.1) is 0 Å². The molecule has 0 bridgehead atoms. The standard InChI is InChI=1S/C26H35BrN2O5/c27-16-10-8-6-4-2-1-3-5-7-9-11-17-34-19-12-13-20-21(18-19)26(33)29(25(20)32)22-14-15-23(30)28-24(22)31/h12-13,18,22H,1-11,14-17H2,(H,28,30,31). The van der Waals surface area contributed by atoms with E-state index in [9.17, 15) is 19.2 Å². The second-order valence-electron chi connectivity index (χ2n) is 9.08. The van der Waals surface area contributed by atoms with Crippen molar-refractivity contribution in [3.63, 3.8) is 0 Å². The molecule has 2 aliphatic rings. The normalized spacial score (nSPS) is 17.8. The summed E-state index contributed by atoms with van der Waals surface area (Å²) < 4.78 is 5.81. The molecule has 1 aromatic rings. The molecule has 1 atom stereocenters. The predicted molar refractivity (Wildman–Crippen MR) is 133 cm³/mol. The number of halogens is 1. The monoisotopic (exact) mass is 534 g/mol. The molecule has 7 nitrogen and oxygen atoms in total. The van der Waals surface area contributed by atoms with Crippen molar-refractivity contribution in [1.29, 1.82) is 0 Å². The van der Waals surface area contributed by atoms with Gasteiger partial charge in [0.25, 0.3) is 11.8 Å². The Morgan fingerprint density at radius 3 is 2.03 bits per heavy atom. The Morgan fingerprint density at radius 1 is 0.824 bits per heavy atom. The van der Waals surface area contributed by atoms with Gasteiger partial charge in [0.1, 0.15) is 11.8 Å². The van der Waals surface area contributed by atoms with E-state index < -0.39 is 23.8 Å². The van der Waals surface area contributed by atoms with Crippen LogP contribution in [0.1, 0.15) is 104 Å². The van der Waals surface area contributed by atoms with E-state index in [0.717, 1.165) is 23.1 Å². The van der Waals surface area contributed by atoms with Crippen molar-refractivity contribution in [2.24, 2.45) is 0 Å². The third kappa shape index (κ3) is 7.14. The van der Waals surface area contributed by atoms with Crippen LogP contribution in [-0.2, 0) is 9.59 Å². The molecular weight excluding hydrogens is 500 g/mol. The maximum absolute atomic E-state index is 12.9. The molecule has 3 rings (SSSR count). The summed E-state index contributed by atoms with van der Waals surface area (Å²) in [4.78, 5) is 50.1. The van der Waals surface area contributed by atoms with Crippen LogP contribution in [-0.4, -0.2) is 46.5 Å². The first-order valence-electron chi connectivity index (χ1n) is 12.6. The van der Waals surface area contributed by atoms with Crippen molar-refractivity contribution >= 4 is 39.6 Å². The van der Waals surface area contributed by atoms with Gasteiger partial charge in [0.05, 0.1) is 17.7 Å². The minimum absolute atomic E-state index is 0.107. The molecule has 1 N–H and O–H groups in total. The van der Waals surface area contributed by atoms with E-state index in [1.165, 1.54) is 57.8 Å². The number of rotatable bonds is 15.